The Morgan fingerprint density at radius 3 is 2.54 bits per heavy atom. The normalized spacial score (nSPS) is 18.9. The molecule has 2 N–H and O–H groups in total. The van der Waals surface area contributed by atoms with Gasteiger partial charge in [0.15, 0.2) is 9.84 Å². The molecule has 1 unspecified atom stereocenters. The Kier molecular flexibility index (Phi) is 4.70. The Morgan fingerprint density at radius 1 is 1.21 bits per heavy atom. The highest BCUT2D eigenvalue weighted by Crippen LogP contribution is 2.12. The maximum absolute atomic E-state index is 12.1. The third-order valence-electron chi connectivity index (χ3n) is 3.68. The molecular weight excluding hydrogens is 330 g/mol. The van der Waals surface area contributed by atoms with Crippen LogP contribution in [-0.4, -0.2) is 46.8 Å². The Morgan fingerprint density at radius 2 is 1.92 bits per heavy atom. The van der Waals surface area contributed by atoms with Gasteiger partial charge >= 0.3 is 0 Å². The monoisotopic (exact) mass is 347 g/mol. The van der Waals surface area contributed by atoms with Crippen molar-refractivity contribution in [1.82, 2.24) is 20.3 Å². The summed E-state index contributed by atoms with van der Waals surface area (Å²) in [7, 11) is -3.02. The number of pyridine rings is 1. The van der Waals surface area contributed by atoms with E-state index in [2.05, 4.69) is 25.6 Å². The fourth-order valence-corrected chi connectivity index (χ4v) is 4.07. The Labute approximate surface area is 139 Å². The van der Waals surface area contributed by atoms with Gasteiger partial charge in [0.2, 0.25) is 5.95 Å². The average Bonchev–Trinajstić information content (AvgIpc) is 2.93. The molecule has 1 amide bonds. The van der Waals surface area contributed by atoms with Gasteiger partial charge in [-0.1, -0.05) is 0 Å². The van der Waals surface area contributed by atoms with Crippen molar-refractivity contribution < 1.29 is 13.2 Å². The van der Waals surface area contributed by atoms with E-state index in [1.807, 2.05) is 12.1 Å². The first-order valence-corrected chi connectivity index (χ1v) is 9.30. The number of nitrogens with one attached hydrogen (secondary N) is 2. The standard InChI is InChI=1S/C15H17N5O3S/c21-14(20-13-3-6-24(22,23)10-13)12-8-18-15(19-9-12)17-7-11-1-4-16-5-2-11/h1-2,4-5,8-9,13H,3,6-7,10H2,(H,20,21)(H,17,18,19). The first kappa shape index (κ1) is 16.3. The molecule has 0 aliphatic carbocycles. The van der Waals surface area contributed by atoms with Gasteiger partial charge in [-0.3, -0.25) is 9.78 Å². The summed E-state index contributed by atoms with van der Waals surface area (Å²) in [4.78, 5) is 24.2. The maximum Gasteiger partial charge on any atom is 0.254 e. The molecular formula is C15H17N5O3S. The molecule has 0 spiro atoms. The van der Waals surface area contributed by atoms with Gasteiger partial charge in [-0.15, -0.1) is 0 Å². The molecule has 3 heterocycles. The fraction of sp³-hybridized carbons (Fsp3) is 0.333. The molecule has 2 aromatic heterocycles. The van der Waals surface area contributed by atoms with Gasteiger partial charge in [-0.25, -0.2) is 18.4 Å². The lowest BCUT2D eigenvalue weighted by Gasteiger charge is -2.10. The van der Waals surface area contributed by atoms with Crippen LogP contribution in [0.3, 0.4) is 0 Å². The number of sulfone groups is 1. The summed E-state index contributed by atoms with van der Waals surface area (Å²) in [6.45, 7) is 0.550. The minimum absolute atomic E-state index is 0.00876. The van der Waals surface area contributed by atoms with Crippen LogP contribution >= 0.6 is 0 Å². The van der Waals surface area contributed by atoms with Crippen molar-refractivity contribution in [1.29, 1.82) is 0 Å². The number of rotatable bonds is 5. The predicted molar refractivity (Wildman–Crippen MR) is 88.1 cm³/mol. The molecule has 1 aliphatic rings. The van der Waals surface area contributed by atoms with E-state index in [1.165, 1.54) is 12.4 Å². The second-order valence-electron chi connectivity index (χ2n) is 5.58. The van der Waals surface area contributed by atoms with Crippen molar-refractivity contribution in [2.45, 2.75) is 19.0 Å². The number of hydrogen-bond acceptors (Lipinski definition) is 7. The van der Waals surface area contributed by atoms with Crippen LogP contribution in [0.2, 0.25) is 0 Å². The smallest absolute Gasteiger partial charge is 0.254 e. The van der Waals surface area contributed by atoms with Crippen molar-refractivity contribution in [3.8, 4) is 0 Å². The van der Waals surface area contributed by atoms with Crippen LogP contribution in [0.15, 0.2) is 36.9 Å². The predicted octanol–water partition coefficient (Wildman–Crippen LogP) is 0.401. The van der Waals surface area contributed by atoms with E-state index >= 15 is 0 Å². The molecule has 2 aromatic rings. The molecule has 1 fully saturated rings. The summed E-state index contributed by atoms with van der Waals surface area (Å²) in [5, 5.41) is 5.75. The first-order valence-electron chi connectivity index (χ1n) is 7.48. The second kappa shape index (κ2) is 6.91. The van der Waals surface area contributed by atoms with Gasteiger partial charge in [0, 0.05) is 37.4 Å². The van der Waals surface area contributed by atoms with E-state index < -0.39 is 9.84 Å². The zero-order chi connectivity index (χ0) is 17.0. The minimum atomic E-state index is -3.02. The highest BCUT2D eigenvalue weighted by molar-refractivity contribution is 7.91. The quantitative estimate of drug-likeness (QED) is 0.804. The van der Waals surface area contributed by atoms with Gasteiger partial charge in [-0.05, 0) is 24.1 Å². The van der Waals surface area contributed by atoms with E-state index in [0.717, 1.165) is 5.56 Å². The number of carbonyl (C=O) groups is 1. The van der Waals surface area contributed by atoms with Crippen LogP contribution in [0.25, 0.3) is 0 Å². The summed E-state index contributed by atoms with van der Waals surface area (Å²) in [6, 6.07) is 3.42. The molecule has 9 heteroatoms. The van der Waals surface area contributed by atoms with E-state index in [0.29, 0.717) is 24.5 Å². The van der Waals surface area contributed by atoms with Gasteiger partial charge in [-0.2, -0.15) is 0 Å². The molecule has 1 atom stereocenters. The highest BCUT2D eigenvalue weighted by Gasteiger charge is 2.29. The SMILES string of the molecule is O=C(NC1CCS(=O)(=O)C1)c1cnc(NCc2ccncc2)nc1. The van der Waals surface area contributed by atoms with E-state index in [1.54, 1.807) is 12.4 Å². The summed E-state index contributed by atoms with van der Waals surface area (Å²) in [6.07, 6.45) is 6.69. The van der Waals surface area contributed by atoms with Gasteiger partial charge in [0.05, 0.1) is 17.1 Å². The van der Waals surface area contributed by atoms with Crippen LogP contribution in [-0.2, 0) is 16.4 Å². The highest BCUT2D eigenvalue weighted by atomic mass is 32.2. The molecule has 8 nitrogen and oxygen atoms in total. The zero-order valence-electron chi connectivity index (χ0n) is 12.8. The van der Waals surface area contributed by atoms with Gasteiger partial charge < -0.3 is 10.6 Å². The molecule has 0 bridgehead atoms. The summed E-state index contributed by atoms with van der Waals surface area (Å²) < 4.78 is 22.8. The molecule has 0 radical (unpaired) electrons. The number of carbonyl (C=O) groups excluding carboxylic acids is 1. The number of hydrogen-bond donors (Lipinski definition) is 2. The van der Waals surface area contributed by atoms with Crippen LogP contribution in [0, 0.1) is 0 Å². The number of aromatic nitrogens is 3. The molecule has 24 heavy (non-hydrogen) atoms. The summed E-state index contributed by atoms with van der Waals surface area (Å²) in [5.41, 5.74) is 1.34. The summed E-state index contributed by atoms with van der Waals surface area (Å²) in [5.74, 6) is 0.155. The average molecular weight is 347 g/mol. The molecule has 0 saturated carbocycles. The van der Waals surface area contributed by atoms with Gasteiger partial charge in [0.1, 0.15) is 0 Å². The lowest BCUT2D eigenvalue weighted by molar-refractivity contribution is 0.0940. The molecule has 0 aromatic carbocycles. The zero-order valence-corrected chi connectivity index (χ0v) is 13.7. The third kappa shape index (κ3) is 4.25. The first-order chi connectivity index (χ1) is 11.5. The van der Waals surface area contributed by atoms with Gasteiger partial charge in [0.25, 0.3) is 5.91 Å². The third-order valence-corrected chi connectivity index (χ3v) is 5.45. The minimum Gasteiger partial charge on any atom is -0.350 e. The van der Waals surface area contributed by atoms with Crippen molar-refractivity contribution in [3.05, 3.63) is 48.0 Å². The Balaban J connectivity index is 1.55. The molecule has 126 valence electrons. The van der Waals surface area contributed by atoms with Crippen molar-refractivity contribution in [2.24, 2.45) is 0 Å². The van der Waals surface area contributed by atoms with Crippen LogP contribution in [0.4, 0.5) is 5.95 Å². The fourth-order valence-electron chi connectivity index (χ4n) is 2.40. The van der Waals surface area contributed by atoms with Crippen LogP contribution in [0.5, 0.6) is 0 Å². The number of amides is 1. The van der Waals surface area contributed by atoms with E-state index in [9.17, 15) is 13.2 Å². The number of anilines is 1. The molecule has 1 aliphatic heterocycles. The topological polar surface area (TPSA) is 114 Å². The molecule has 3 rings (SSSR count). The van der Waals surface area contributed by atoms with E-state index in [-0.39, 0.29) is 23.5 Å². The second-order valence-corrected chi connectivity index (χ2v) is 7.81. The van der Waals surface area contributed by atoms with Crippen molar-refractivity contribution >= 4 is 21.7 Å². The van der Waals surface area contributed by atoms with E-state index in [4.69, 9.17) is 0 Å². The summed E-state index contributed by atoms with van der Waals surface area (Å²) >= 11 is 0. The largest absolute Gasteiger partial charge is 0.350 e. The maximum atomic E-state index is 12.1. The molecule has 1 saturated heterocycles. The lowest BCUT2D eigenvalue weighted by atomic mass is 10.2. The van der Waals surface area contributed by atoms with Crippen molar-refractivity contribution in [3.63, 3.8) is 0 Å². The van der Waals surface area contributed by atoms with Crippen LogP contribution < -0.4 is 10.6 Å². The van der Waals surface area contributed by atoms with Crippen molar-refractivity contribution in [2.75, 3.05) is 16.8 Å². The number of nitrogens with zero attached hydrogens (tertiary/aromatic N) is 3. The Hall–Kier alpha value is -2.55. The lowest BCUT2D eigenvalue weighted by Crippen LogP contribution is -2.35. The Bertz CT molecular complexity index is 809. The van der Waals surface area contributed by atoms with Crippen LogP contribution in [0.1, 0.15) is 22.3 Å².